The predicted molar refractivity (Wildman–Crippen MR) is 126 cm³/mol. The number of rotatable bonds is 7. The summed E-state index contributed by atoms with van der Waals surface area (Å²) in [6, 6.07) is 12.2. The lowest BCUT2D eigenvalue weighted by Gasteiger charge is -2.23. The number of hydrogen-bond acceptors (Lipinski definition) is 5. The van der Waals surface area contributed by atoms with Gasteiger partial charge in [-0.05, 0) is 54.5 Å². The second-order valence-corrected chi connectivity index (χ2v) is 9.47. The molecular weight excluding hydrogens is 408 g/mol. The first kappa shape index (κ1) is 21.8. The van der Waals surface area contributed by atoms with Crippen molar-refractivity contribution in [1.29, 1.82) is 0 Å². The van der Waals surface area contributed by atoms with Gasteiger partial charge in [0.1, 0.15) is 5.75 Å². The third-order valence-corrected chi connectivity index (χ3v) is 6.86. The first-order valence-corrected chi connectivity index (χ1v) is 11.7. The van der Waals surface area contributed by atoms with Gasteiger partial charge in [-0.2, -0.15) is 0 Å². The summed E-state index contributed by atoms with van der Waals surface area (Å²) in [5, 5.41) is 0.758. The van der Waals surface area contributed by atoms with Gasteiger partial charge in [-0.25, -0.2) is 4.98 Å². The highest BCUT2D eigenvalue weighted by atomic mass is 32.1. The molecule has 2 aromatic carbocycles. The smallest absolute Gasteiger partial charge is 0.233 e. The highest BCUT2D eigenvalue weighted by molar-refractivity contribution is 7.22. The minimum atomic E-state index is 0.0465. The molecule has 6 heteroatoms. The van der Waals surface area contributed by atoms with E-state index >= 15 is 0 Å². The van der Waals surface area contributed by atoms with Crippen molar-refractivity contribution in [2.75, 3.05) is 25.2 Å². The van der Waals surface area contributed by atoms with Crippen LogP contribution in [-0.2, 0) is 16.0 Å². The number of aromatic nitrogens is 1. The SMILES string of the molecule is COc1ccc(CC(=O)N(CC2CCCO2)c2nc3c(C(C)C)cccc3s2)cc1C. The van der Waals surface area contributed by atoms with Crippen LogP contribution in [0.4, 0.5) is 5.13 Å². The third-order valence-electron chi connectivity index (χ3n) is 5.82. The number of nitrogens with zero attached hydrogens (tertiary/aromatic N) is 2. The van der Waals surface area contributed by atoms with E-state index < -0.39 is 0 Å². The molecule has 1 saturated heterocycles. The topological polar surface area (TPSA) is 51.7 Å². The van der Waals surface area contributed by atoms with Crippen LogP contribution in [0.15, 0.2) is 36.4 Å². The van der Waals surface area contributed by atoms with Crippen molar-refractivity contribution in [3.05, 3.63) is 53.1 Å². The van der Waals surface area contributed by atoms with Crippen molar-refractivity contribution in [3.8, 4) is 5.75 Å². The number of ether oxygens (including phenoxy) is 2. The zero-order valence-corrected chi connectivity index (χ0v) is 19.5. The van der Waals surface area contributed by atoms with Crippen molar-refractivity contribution in [3.63, 3.8) is 0 Å². The Hall–Kier alpha value is -2.44. The Balaban J connectivity index is 1.65. The zero-order valence-electron chi connectivity index (χ0n) is 18.7. The summed E-state index contributed by atoms with van der Waals surface area (Å²) in [7, 11) is 1.66. The van der Waals surface area contributed by atoms with Crippen molar-refractivity contribution in [1.82, 2.24) is 4.98 Å². The standard InChI is InChI=1S/C25H30N2O3S/c1-16(2)20-8-5-9-22-24(20)26-25(31-22)27(15-19-7-6-12-30-19)23(28)14-18-10-11-21(29-4)17(3)13-18/h5,8-11,13,16,19H,6-7,12,14-15H2,1-4H3. The summed E-state index contributed by atoms with van der Waals surface area (Å²) in [6.45, 7) is 7.66. The summed E-state index contributed by atoms with van der Waals surface area (Å²) in [5.41, 5.74) is 4.22. The molecular formula is C25H30N2O3S. The van der Waals surface area contributed by atoms with Crippen LogP contribution in [0.25, 0.3) is 10.2 Å². The normalized spacial score (nSPS) is 16.2. The molecule has 5 nitrogen and oxygen atoms in total. The van der Waals surface area contributed by atoms with Crippen LogP contribution < -0.4 is 9.64 Å². The first-order valence-electron chi connectivity index (χ1n) is 10.9. The zero-order chi connectivity index (χ0) is 22.0. The lowest BCUT2D eigenvalue weighted by atomic mass is 10.0. The van der Waals surface area contributed by atoms with Crippen molar-refractivity contribution >= 4 is 32.6 Å². The molecule has 1 aliphatic rings. The maximum absolute atomic E-state index is 13.5. The average molecular weight is 439 g/mol. The third kappa shape index (κ3) is 4.75. The van der Waals surface area contributed by atoms with E-state index in [0.717, 1.165) is 51.7 Å². The number of benzene rings is 2. The van der Waals surface area contributed by atoms with E-state index in [9.17, 15) is 4.79 Å². The van der Waals surface area contributed by atoms with E-state index in [-0.39, 0.29) is 12.0 Å². The minimum absolute atomic E-state index is 0.0465. The van der Waals surface area contributed by atoms with Gasteiger partial charge in [0.15, 0.2) is 5.13 Å². The lowest BCUT2D eigenvalue weighted by molar-refractivity contribution is -0.118. The number of fused-ring (bicyclic) bond motifs is 1. The highest BCUT2D eigenvalue weighted by Gasteiger charge is 2.27. The van der Waals surface area contributed by atoms with Crippen LogP contribution in [0.1, 0.15) is 49.3 Å². The number of methoxy groups -OCH3 is 1. The molecule has 2 heterocycles. The fraction of sp³-hybridized carbons (Fsp3) is 0.440. The van der Waals surface area contributed by atoms with Crippen LogP contribution in [0, 0.1) is 6.92 Å². The average Bonchev–Trinajstić information content (AvgIpc) is 3.41. The quantitative estimate of drug-likeness (QED) is 0.489. The van der Waals surface area contributed by atoms with Gasteiger partial charge >= 0.3 is 0 Å². The molecule has 0 bridgehead atoms. The molecule has 0 saturated carbocycles. The van der Waals surface area contributed by atoms with E-state index in [4.69, 9.17) is 14.5 Å². The number of hydrogen-bond donors (Lipinski definition) is 0. The van der Waals surface area contributed by atoms with Crippen LogP contribution in [0.5, 0.6) is 5.75 Å². The number of thiazole rings is 1. The van der Waals surface area contributed by atoms with Crippen LogP contribution >= 0.6 is 11.3 Å². The lowest BCUT2D eigenvalue weighted by Crippen LogP contribution is -2.38. The summed E-state index contributed by atoms with van der Waals surface area (Å²) in [5.74, 6) is 1.26. The molecule has 1 aromatic heterocycles. The Morgan fingerprint density at radius 2 is 2.16 bits per heavy atom. The second kappa shape index (κ2) is 9.37. The molecule has 0 N–H and O–H groups in total. The fourth-order valence-corrected chi connectivity index (χ4v) is 5.17. The Morgan fingerprint density at radius 1 is 1.32 bits per heavy atom. The first-order chi connectivity index (χ1) is 15.0. The van der Waals surface area contributed by atoms with Gasteiger partial charge in [0.2, 0.25) is 5.91 Å². The Kier molecular flexibility index (Phi) is 6.58. The minimum Gasteiger partial charge on any atom is -0.496 e. The molecule has 4 rings (SSSR count). The number of carbonyl (C=O) groups is 1. The number of aryl methyl sites for hydroxylation is 1. The van der Waals surface area contributed by atoms with E-state index in [1.165, 1.54) is 5.56 Å². The fourth-order valence-electron chi connectivity index (χ4n) is 4.14. The summed E-state index contributed by atoms with van der Waals surface area (Å²) < 4.78 is 12.3. The Morgan fingerprint density at radius 3 is 2.84 bits per heavy atom. The summed E-state index contributed by atoms with van der Waals surface area (Å²) >= 11 is 1.59. The van der Waals surface area contributed by atoms with Crippen molar-refractivity contribution < 1.29 is 14.3 Å². The van der Waals surface area contributed by atoms with E-state index in [1.54, 1.807) is 18.4 Å². The van der Waals surface area contributed by atoms with E-state index in [1.807, 2.05) is 30.0 Å². The predicted octanol–water partition coefficient (Wildman–Crippen LogP) is 5.49. The van der Waals surface area contributed by atoms with E-state index in [2.05, 4.69) is 32.0 Å². The highest BCUT2D eigenvalue weighted by Crippen LogP contribution is 2.34. The van der Waals surface area contributed by atoms with Gasteiger partial charge in [0, 0.05) is 6.61 Å². The molecule has 1 atom stereocenters. The van der Waals surface area contributed by atoms with Gasteiger partial charge in [-0.1, -0.05) is 49.4 Å². The van der Waals surface area contributed by atoms with Gasteiger partial charge in [0.25, 0.3) is 0 Å². The summed E-state index contributed by atoms with van der Waals surface area (Å²) in [4.78, 5) is 20.2. The van der Waals surface area contributed by atoms with Crippen LogP contribution in [0.3, 0.4) is 0 Å². The van der Waals surface area contributed by atoms with Crippen LogP contribution in [0.2, 0.25) is 0 Å². The molecule has 31 heavy (non-hydrogen) atoms. The monoisotopic (exact) mass is 438 g/mol. The van der Waals surface area contributed by atoms with Crippen molar-refractivity contribution in [2.24, 2.45) is 0 Å². The molecule has 0 radical (unpaired) electrons. The largest absolute Gasteiger partial charge is 0.496 e. The van der Waals surface area contributed by atoms with Gasteiger partial charge in [-0.3, -0.25) is 9.69 Å². The number of para-hydroxylation sites is 1. The van der Waals surface area contributed by atoms with Crippen molar-refractivity contribution in [2.45, 2.75) is 52.1 Å². The van der Waals surface area contributed by atoms with Gasteiger partial charge in [-0.15, -0.1) is 0 Å². The molecule has 164 valence electrons. The Labute approximate surface area is 188 Å². The van der Waals surface area contributed by atoms with Crippen LogP contribution in [-0.4, -0.2) is 37.3 Å². The maximum Gasteiger partial charge on any atom is 0.233 e. The molecule has 0 aliphatic carbocycles. The van der Waals surface area contributed by atoms with Gasteiger partial charge < -0.3 is 9.47 Å². The summed E-state index contributed by atoms with van der Waals surface area (Å²) in [6.07, 6.45) is 2.41. The Bertz CT molecular complexity index is 1070. The number of anilines is 1. The molecule has 1 aliphatic heterocycles. The molecule has 3 aromatic rings. The number of carbonyl (C=O) groups excluding carboxylic acids is 1. The molecule has 1 amide bonds. The number of amides is 1. The van der Waals surface area contributed by atoms with Gasteiger partial charge in [0.05, 0.1) is 36.4 Å². The second-order valence-electron chi connectivity index (χ2n) is 8.47. The maximum atomic E-state index is 13.5. The molecule has 1 fully saturated rings. The molecule has 0 spiro atoms. The van der Waals surface area contributed by atoms with E-state index in [0.29, 0.717) is 18.9 Å². The molecule has 1 unspecified atom stereocenters.